The van der Waals surface area contributed by atoms with Crippen LogP contribution in [0.5, 0.6) is 0 Å². The molecule has 3 heterocycles. The van der Waals surface area contributed by atoms with Crippen LogP contribution in [0.3, 0.4) is 0 Å². The zero-order valence-corrected chi connectivity index (χ0v) is 12.1. The quantitative estimate of drug-likeness (QED) is 0.903. The van der Waals surface area contributed by atoms with E-state index in [1.807, 2.05) is 17.0 Å². The number of aromatic amines is 1. The molecule has 2 aliphatic rings. The van der Waals surface area contributed by atoms with E-state index in [0.29, 0.717) is 11.2 Å². The second-order valence-electron chi connectivity index (χ2n) is 5.83. The van der Waals surface area contributed by atoms with Crippen LogP contribution in [-0.2, 0) is 4.74 Å². The van der Waals surface area contributed by atoms with E-state index in [0.717, 1.165) is 39.1 Å². The van der Waals surface area contributed by atoms with Crippen LogP contribution in [0.4, 0.5) is 0 Å². The van der Waals surface area contributed by atoms with Crippen molar-refractivity contribution in [3.63, 3.8) is 0 Å². The minimum Gasteiger partial charge on any atom is -0.383 e. The van der Waals surface area contributed by atoms with Gasteiger partial charge in [0.1, 0.15) is 5.69 Å². The molecule has 1 N–H and O–H groups in total. The van der Waals surface area contributed by atoms with Gasteiger partial charge in [0.05, 0.1) is 6.61 Å². The molecular weight excluding hydrogens is 254 g/mol. The SMILES string of the molecule is COCCN1CCC12CCN(C(=O)c1ccc[nH]1)CC2. The fourth-order valence-electron chi connectivity index (χ4n) is 3.46. The molecule has 1 amide bonds. The molecule has 0 aromatic carbocycles. The Hall–Kier alpha value is -1.33. The fraction of sp³-hybridized carbons (Fsp3) is 0.667. The smallest absolute Gasteiger partial charge is 0.270 e. The van der Waals surface area contributed by atoms with Crippen LogP contribution in [-0.4, -0.2) is 66.1 Å². The largest absolute Gasteiger partial charge is 0.383 e. The zero-order valence-electron chi connectivity index (χ0n) is 12.1. The normalized spacial score (nSPS) is 21.9. The van der Waals surface area contributed by atoms with Crippen molar-refractivity contribution in [3.8, 4) is 0 Å². The van der Waals surface area contributed by atoms with Gasteiger partial charge in [-0.2, -0.15) is 0 Å². The summed E-state index contributed by atoms with van der Waals surface area (Å²) in [6, 6.07) is 3.72. The number of H-pyrrole nitrogens is 1. The molecule has 2 saturated heterocycles. The third-order valence-corrected chi connectivity index (χ3v) is 4.89. The lowest BCUT2D eigenvalue weighted by Crippen LogP contribution is -2.64. The van der Waals surface area contributed by atoms with Gasteiger partial charge in [-0.25, -0.2) is 0 Å². The highest BCUT2D eigenvalue weighted by molar-refractivity contribution is 5.92. The average molecular weight is 277 g/mol. The standard InChI is InChI=1S/C15H23N3O2/c1-20-12-11-18-10-6-15(18)4-8-17(9-5-15)14(19)13-3-2-7-16-13/h2-3,7,16H,4-6,8-12H2,1H3. The van der Waals surface area contributed by atoms with Crippen molar-refractivity contribution in [2.45, 2.75) is 24.8 Å². The monoisotopic (exact) mass is 277 g/mol. The first-order valence-electron chi connectivity index (χ1n) is 7.42. The van der Waals surface area contributed by atoms with E-state index >= 15 is 0 Å². The molecular formula is C15H23N3O2. The van der Waals surface area contributed by atoms with Crippen LogP contribution in [0.2, 0.25) is 0 Å². The van der Waals surface area contributed by atoms with Gasteiger partial charge in [0.25, 0.3) is 5.91 Å². The summed E-state index contributed by atoms with van der Waals surface area (Å²) in [6.45, 7) is 4.71. The molecule has 5 heteroatoms. The number of hydrogen-bond acceptors (Lipinski definition) is 3. The first-order chi connectivity index (χ1) is 9.75. The van der Waals surface area contributed by atoms with Crippen molar-refractivity contribution in [3.05, 3.63) is 24.0 Å². The Labute approximate surface area is 119 Å². The number of likely N-dealkylation sites (tertiary alicyclic amines) is 2. The topological polar surface area (TPSA) is 48.6 Å². The summed E-state index contributed by atoms with van der Waals surface area (Å²) < 4.78 is 5.18. The Bertz CT molecular complexity index is 450. The maximum Gasteiger partial charge on any atom is 0.270 e. The molecule has 20 heavy (non-hydrogen) atoms. The van der Waals surface area contributed by atoms with Gasteiger partial charge in [-0.1, -0.05) is 0 Å². The number of hydrogen-bond donors (Lipinski definition) is 1. The van der Waals surface area contributed by atoms with E-state index in [-0.39, 0.29) is 5.91 Å². The summed E-state index contributed by atoms with van der Waals surface area (Å²) >= 11 is 0. The Morgan fingerprint density at radius 3 is 2.65 bits per heavy atom. The van der Waals surface area contributed by atoms with E-state index < -0.39 is 0 Å². The summed E-state index contributed by atoms with van der Waals surface area (Å²) in [7, 11) is 1.75. The molecule has 5 nitrogen and oxygen atoms in total. The molecule has 2 fully saturated rings. The molecule has 0 unspecified atom stereocenters. The maximum absolute atomic E-state index is 12.3. The summed E-state index contributed by atoms with van der Waals surface area (Å²) in [5.74, 6) is 0.132. The number of aromatic nitrogens is 1. The van der Waals surface area contributed by atoms with Crippen LogP contribution < -0.4 is 0 Å². The lowest BCUT2D eigenvalue weighted by atomic mass is 9.76. The highest BCUT2D eigenvalue weighted by Gasteiger charge is 2.46. The molecule has 0 aliphatic carbocycles. The molecule has 1 spiro atoms. The van der Waals surface area contributed by atoms with Crippen LogP contribution in [0.25, 0.3) is 0 Å². The van der Waals surface area contributed by atoms with Crippen molar-refractivity contribution >= 4 is 5.91 Å². The van der Waals surface area contributed by atoms with E-state index in [9.17, 15) is 4.79 Å². The van der Waals surface area contributed by atoms with Crippen LogP contribution in [0.15, 0.2) is 18.3 Å². The lowest BCUT2D eigenvalue weighted by molar-refractivity contribution is -0.0637. The van der Waals surface area contributed by atoms with Gasteiger partial charge in [0.2, 0.25) is 0 Å². The number of ether oxygens (including phenoxy) is 1. The first kappa shape index (κ1) is 13.6. The van der Waals surface area contributed by atoms with Gasteiger partial charge < -0.3 is 14.6 Å². The maximum atomic E-state index is 12.3. The first-order valence-corrected chi connectivity index (χ1v) is 7.42. The lowest BCUT2D eigenvalue weighted by Gasteiger charge is -2.56. The summed E-state index contributed by atoms with van der Waals surface area (Å²) in [5.41, 5.74) is 1.04. The average Bonchev–Trinajstić information content (AvgIpc) is 3.00. The third kappa shape index (κ3) is 2.36. The summed E-state index contributed by atoms with van der Waals surface area (Å²) in [6.07, 6.45) is 5.24. The number of carbonyl (C=O) groups is 1. The Morgan fingerprint density at radius 1 is 1.35 bits per heavy atom. The molecule has 0 bridgehead atoms. The van der Waals surface area contributed by atoms with Crippen LogP contribution >= 0.6 is 0 Å². The van der Waals surface area contributed by atoms with Crippen molar-refractivity contribution in [1.82, 2.24) is 14.8 Å². The molecule has 2 aliphatic heterocycles. The number of methoxy groups -OCH3 is 1. The van der Waals surface area contributed by atoms with Gasteiger partial charge in [0, 0.05) is 45.0 Å². The molecule has 0 atom stereocenters. The van der Waals surface area contributed by atoms with E-state index in [4.69, 9.17) is 4.74 Å². The minimum atomic E-state index is 0.132. The fourth-order valence-corrected chi connectivity index (χ4v) is 3.46. The Kier molecular flexibility index (Phi) is 3.81. The number of carbonyl (C=O) groups excluding carboxylic acids is 1. The molecule has 0 radical (unpaired) electrons. The van der Waals surface area contributed by atoms with Gasteiger partial charge in [0.15, 0.2) is 0 Å². The van der Waals surface area contributed by atoms with Gasteiger partial charge in [-0.15, -0.1) is 0 Å². The van der Waals surface area contributed by atoms with Crippen LogP contribution in [0.1, 0.15) is 29.8 Å². The molecule has 110 valence electrons. The predicted octanol–water partition coefficient (Wildman–Crippen LogP) is 1.34. The van der Waals surface area contributed by atoms with Gasteiger partial charge in [-0.05, 0) is 31.4 Å². The summed E-state index contributed by atoms with van der Waals surface area (Å²) in [4.78, 5) is 19.8. The minimum absolute atomic E-state index is 0.132. The number of piperidine rings is 1. The molecule has 1 aromatic rings. The van der Waals surface area contributed by atoms with Gasteiger partial charge in [-0.3, -0.25) is 9.69 Å². The molecule has 0 saturated carbocycles. The van der Waals surface area contributed by atoms with E-state index in [2.05, 4.69) is 9.88 Å². The van der Waals surface area contributed by atoms with Crippen LogP contribution in [0, 0.1) is 0 Å². The van der Waals surface area contributed by atoms with E-state index in [1.54, 1.807) is 13.3 Å². The number of rotatable bonds is 4. The van der Waals surface area contributed by atoms with E-state index in [1.165, 1.54) is 13.0 Å². The highest BCUT2D eigenvalue weighted by Crippen LogP contribution is 2.39. The number of amides is 1. The summed E-state index contributed by atoms with van der Waals surface area (Å²) in [5, 5.41) is 0. The van der Waals surface area contributed by atoms with Gasteiger partial charge >= 0.3 is 0 Å². The highest BCUT2D eigenvalue weighted by atomic mass is 16.5. The van der Waals surface area contributed by atoms with Crippen molar-refractivity contribution in [1.29, 1.82) is 0 Å². The molecule has 3 rings (SSSR count). The number of nitrogens with zero attached hydrogens (tertiary/aromatic N) is 2. The van der Waals surface area contributed by atoms with Crippen molar-refractivity contribution in [2.75, 3.05) is 39.9 Å². The second kappa shape index (κ2) is 5.58. The Morgan fingerprint density at radius 2 is 2.10 bits per heavy atom. The molecule has 1 aromatic heterocycles. The predicted molar refractivity (Wildman–Crippen MR) is 76.7 cm³/mol. The zero-order chi connectivity index (χ0) is 14.0. The number of nitrogens with one attached hydrogen (secondary N) is 1. The second-order valence-corrected chi connectivity index (χ2v) is 5.83. The Balaban J connectivity index is 1.56. The third-order valence-electron chi connectivity index (χ3n) is 4.89. The van der Waals surface area contributed by atoms with Crippen molar-refractivity contribution in [2.24, 2.45) is 0 Å². The van der Waals surface area contributed by atoms with Crippen molar-refractivity contribution < 1.29 is 9.53 Å².